The molecule has 28 heavy (non-hydrogen) atoms. The second-order valence-electron chi connectivity index (χ2n) is 7.97. The van der Waals surface area contributed by atoms with Crippen molar-refractivity contribution in [2.75, 3.05) is 25.0 Å². The molecule has 4 rings (SSSR count). The molecule has 1 fully saturated rings. The first kappa shape index (κ1) is 19.2. The molecule has 0 aliphatic carbocycles. The van der Waals surface area contributed by atoms with E-state index < -0.39 is 0 Å². The third-order valence-corrected chi connectivity index (χ3v) is 5.42. The van der Waals surface area contributed by atoms with Gasteiger partial charge in [0.15, 0.2) is 0 Å². The van der Waals surface area contributed by atoms with Gasteiger partial charge in [0.2, 0.25) is 5.91 Å². The lowest BCUT2D eigenvalue weighted by Crippen LogP contribution is -2.58. The molecule has 0 radical (unpaired) electrons. The zero-order chi connectivity index (χ0) is 19.9. The van der Waals surface area contributed by atoms with E-state index in [2.05, 4.69) is 41.0 Å². The Balaban J connectivity index is 1.66. The summed E-state index contributed by atoms with van der Waals surface area (Å²) in [5.74, 6) is -0.0794. The summed E-state index contributed by atoms with van der Waals surface area (Å²) in [4.78, 5) is 22.9. The third kappa shape index (κ3) is 3.60. The van der Waals surface area contributed by atoms with E-state index in [-0.39, 0.29) is 17.6 Å². The van der Waals surface area contributed by atoms with Gasteiger partial charge in [0, 0.05) is 28.5 Å². The molecule has 1 atom stereocenters. The number of pyridine rings is 1. The van der Waals surface area contributed by atoms with E-state index in [9.17, 15) is 4.79 Å². The minimum Gasteiger partial charge on any atom is -0.372 e. The van der Waals surface area contributed by atoms with E-state index in [0.717, 1.165) is 41.3 Å². The third-order valence-electron chi connectivity index (χ3n) is 5.20. The quantitative estimate of drug-likeness (QED) is 0.688. The van der Waals surface area contributed by atoms with Gasteiger partial charge >= 0.3 is 0 Å². The van der Waals surface area contributed by atoms with Crippen molar-refractivity contribution in [2.45, 2.75) is 38.8 Å². The lowest BCUT2D eigenvalue weighted by atomic mass is 10.0. The van der Waals surface area contributed by atoms with Crippen molar-refractivity contribution < 1.29 is 9.53 Å². The van der Waals surface area contributed by atoms with E-state index in [1.165, 1.54) is 0 Å². The largest absolute Gasteiger partial charge is 0.372 e. The molecular weight excluding hydrogens is 376 g/mol. The topological polar surface area (TPSA) is 70.2 Å². The van der Waals surface area contributed by atoms with E-state index >= 15 is 0 Å². The first-order chi connectivity index (χ1) is 13.4. The SMILES string of the molecule is CCCN1CC(C)(C)OCC1C(=O)Nc1cc(Cl)cc2c1[nH]c1cnccc12. The van der Waals surface area contributed by atoms with Crippen LogP contribution < -0.4 is 5.32 Å². The van der Waals surface area contributed by atoms with Crippen LogP contribution in [0, 0.1) is 0 Å². The number of nitrogens with one attached hydrogen (secondary N) is 2. The summed E-state index contributed by atoms with van der Waals surface area (Å²) in [6.45, 7) is 8.19. The normalized spacial score (nSPS) is 19.9. The molecule has 0 bridgehead atoms. The number of nitrogens with zero attached hydrogens (tertiary/aromatic N) is 2. The molecule has 0 spiro atoms. The molecule has 0 saturated carbocycles. The van der Waals surface area contributed by atoms with Gasteiger partial charge in [-0.25, -0.2) is 0 Å². The molecule has 1 aliphatic rings. The highest BCUT2D eigenvalue weighted by atomic mass is 35.5. The van der Waals surface area contributed by atoms with Gasteiger partial charge in [-0.05, 0) is 45.0 Å². The van der Waals surface area contributed by atoms with Crippen molar-refractivity contribution in [1.82, 2.24) is 14.9 Å². The number of hydrogen-bond donors (Lipinski definition) is 2. The Bertz CT molecular complexity index is 1030. The maximum absolute atomic E-state index is 13.1. The van der Waals surface area contributed by atoms with Crippen LogP contribution in [-0.4, -0.2) is 52.1 Å². The molecule has 1 aliphatic heterocycles. The highest BCUT2D eigenvalue weighted by Gasteiger charge is 2.37. The molecule has 3 aromatic rings. The van der Waals surface area contributed by atoms with E-state index in [0.29, 0.717) is 17.3 Å². The molecule has 148 valence electrons. The number of morpholine rings is 1. The molecule has 2 aromatic heterocycles. The van der Waals surface area contributed by atoms with Crippen molar-refractivity contribution in [3.8, 4) is 0 Å². The predicted molar refractivity (Wildman–Crippen MR) is 113 cm³/mol. The van der Waals surface area contributed by atoms with Crippen LogP contribution in [0.3, 0.4) is 0 Å². The Morgan fingerprint density at radius 1 is 1.43 bits per heavy atom. The van der Waals surface area contributed by atoms with Crippen LogP contribution in [0.15, 0.2) is 30.6 Å². The van der Waals surface area contributed by atoms with Gasteiger partial charge in [-0.3, -0.25) is 14.7 Å². The Morgan fingerprint density at radius 2 is 2.25 bits per heavy atom. The summed E-state index contributed by atoms with van der Waals surface area (Å²) in [5.41, 5.74) is 2.18. The lowest BCUT2D eigenvalue weighted by molar-refractivity contribution is -0.143. The number of hydrogen-bond acceptors (Lipinski definition) is 4. The van der Waals surface area contributed by atoms with Crippen molar-refractivity contribution in [3.63, 3.8) is 0 Å². The molecule has 7 heteroatoms. The maximum Gasteiger partial charge on any atom is 0.244 e. The Morgan fingerprint density at radius 3 is 3.04 bits per heavy atom. The predicted octanol–water partition coefficient (Wildman–Crippen LogP) is 4.20. The van der Waals surface area contributed by atoms with Crippen LogP contribution in [0.4, 0.5) is 5.69 Å². The number of fused-ring (bicyclic) bond motifs is 3. The monoisotopic (exact) mass is 400 g/mol. The van der Waals surface area contributed by atoms with Crippen LogP contribution in [-0.2, 0) is 9.53 Å². The fraction of sp³-hybridized carbons (Fsp3) is 0.429. The van der Waals surface area contributed by atoms with Crippen LogP contribution in [0.2, 0.25) is 5.02 Å². The Kier molecular flexibility index (Phi) is 5.04. The number of H-pyrrole nitrogens is 1. The van der Waals surface area contributed by atoms with E-state index in [1.54, 1.807) is 18.5 Å². The average Bonchev–Trinajstić information content (AvgIpc) is 3.00. The minimum absolute atomic E-state index is 0.0794. The number of aromatic amines is 1. The van der Waals surface area contributed by atoms with Crippen molar-refractivity contribution in [1.29, 1.82) is 0 Å². The molecule has 6 nitrogen and oxygen atoms in total. The Hall–Kier alpha value is -2.15. The van der Waals surface area contributed by atoms with Crippen molar-refractivity contribution in [2.24, 2.45) is 0 Å². The number of benzene rings is 1. The standard InChI is InChI=1S/C21H25ClN4O2/c1-4-7-26-12-21(2,3)28-11-18(26)20(27)25-16-9-13(22)8-15-14-5-6-23-10-17(14)24-19(15)16/h5-6,8-10,18,24H,4,7,11-12H2,1-3H3,(H,25,27). The first-order valence-electron chi connectivity index (χ1n) is 9.62. The fourth-order valence-corrected chi connectivity index (χ4v) is 4.17. The summed E-state index contributed by atoms with van der Waals surface area (Å²) in [7, 11) is 0. The first-order valence-corrected chi connectivity index (χ1v) is 9.99. The van der Waals surface area contributed by atoms with E-state index in [4.69, 9.17) is 16.3 Å². The molecule has 2 N–H and O–H groups in total. The van der Waals surface area contributed by atoms with Crippen LogP contribution in [0.25, 0.3) is 21.8 Å². The smallest absolute Gasteiger partial charge is 0.244 e. The Labute approximate surface area is 169 Å². The van der Waals surface area contributed by atoms with Gasteiger partial charge < -0.3 is 15.0 Å². The van der Waals surface area contributed by atoms with Crippen LogP contribution in [0.1, 0.15) is 27.2 Å². The highest BCUT2D eigenvalue weighted by Crippen LogP contribution is 2.33. The highest BCUT2D eigenvalue weighted by molar-refractivity contribution is 6.32. The molecule has 1 saturated heterocycles. The summed E-state index contributed by atoms with van der Waals surface area (Å²) >= 11 is 6.35. The molecular formula is C21H25ClN4O2. The number of aromatic nitrogens is 2. The van der Waals surface area contributed by atoms with Gasteiger partial charge in [-0.2, -0.15) is 0 Å². The summed E-state index contributed by atoms with van der Waals surface area (Å²) in [5, 5.41) is 5.64. The van der Waals surface area contributed by atoms with Gasteiger partial charge in [0.05, 0.1) is 35.1 Å². The summed E-state index contributed by atoms with van der Waals surface area (Å²) < 4.78 is 5.93. The molecule has 3 heterocycles. The summed E-state index contributed by atoms with van der Waals surface area (Å²) in [6.07, 6.45) is 4.50. The van der Waals surface area contributed by atoms with Crippen molar-refractivity contribution in [3.05, 3.63) is 35.6 Å². The number of rotatable bonds is 4. The van der Waals surface area contributed by atoms with Gasteiger partial charge in [0.1, 0.15) is 6.04 Å². The molecule has 1 aromatic carbocycles. The fourth-order valence-electron chi connectivity index (χ4n) is 3.95. The number of amides is 1. The van der Waals surface area contributed by atoms with Crippen LogP contribution in [0.5, 0.6) is 0 Å². The zero-order valence-corrected chi connectivity index (χ0v) is 17.1. The zero-order valence-electron chi connectivity index (χ0n) is 16.4. The van der Waals surface area contributed by atoms with Gasteiger partial charge in [0.25, 0.3) is 0 Å². The average molecular weight is 401 g/mol. The lowest BCUT2D eigenvalue weighted by Gasteiger charge is -2.42. The van der Waals surface area contributed by atoms with Gasteiger partial charge in [-0.1, -0.05) is 18.5 Å². The second kappa shape index (κ2) is 7.35. The van der Waals surface area contributed by atoms with E-state index in [1.807, 2.05) is 12.1 Å². The molecule has 1 unspecified atom stereocenters. The minimum atomic E-state index is -0.326. The number of ether oxygens (including phenoxy) is 1. The van der Waals surface area contributed by atoms with Crippen molar-refractivity contribution >= 4 is 45.0 Å². The maximum atomic E-state index is 13.1. The second-order valence-corrected chi connectivity index (χ2v) is 8.40. The molecule has 1 amide bonds. The number of anilines is 1. The van der Waals surface area contributed by atoms with Crippen LogP contribution >= 0.6 is 11.6 Å². The number of halogens is 1. The van der Waals surface area contributed by atoms with Gasteiger partial charge in [-0.15, -0.1) is 0 Å². The summed E-state index contributed by atoms with van der Waals surface area (Å²) in [6, 6.07) is 5.30. The number of carbonyl (C=O) groups is 1. The number of carbonyl (C=O) groups excluding carboxylic acids is 1.